The van der Waals surface area contributed by atoms with Gasteiger partial charge in [0.25, 0.3) is 0 Å². The molecule has 96 valence electrons. The van der Waals surface area contributed by atoms with Gasteiger partial charge in [0.2, 0.25) is 0 Å². The minimum Gasteiger partial charge on any atom is -0.478 e. The van der Waals surface area contributed by atoms with Crippen LogP contribution in [-0.4, -0.2) is 17.3 Å². The molecule has 0 aliphatic heterocycles. The lowest BCUT2D eigenvalue weighted by Gasteiger charge is -2.03. The molecule has 19 heavy (non-hydrogen) atoms. The molecule has 0 amide bonds. The number of halogens is 1. The number of aromatic carboxylic acids is 1. The van der Waals surface area contributed by atoms with Gasteiger partial charge in [-0.2, -0.15) is 5.10 Å². The van der Waals surface area contributed by atoms with E-state index in [1.54, 1.807) is 30.3 Å². The SMILES string of the molecule is O=C(O)c1ccccc1N/N=C/c1cccc(F)c1. The normalized spacial score (nSPS) is 10.6. The molecule has 0 unspecified atom stereocenters. The molecule has 0 aliphatic carbocycles. The van der Waals surface area contributed by atoms with Crippen molar-refractivity contribution in [3.63, 3.8) is 0 Å². The largest absolute Gasteiger partial charge is 0.478 e. The highest BCUT2D eigenvalue weighted by Gasteiger charge is 2.07. The number of carboxylic acid groups (broad SMARTS) is 1. The van der Waals surface area contributed by atoms with Crippen molar-refractivity contribution in [2.24, 2.45) is 5.10 Å². The van der Waals surface area contributed by atoms with Crippen LogP contribution < -0.4 is 5.43 Å². The van der Waals surface area contributed by atoms with Gasteiger partial charge >= 0.3 is 5.97 Å². The van der Waals surface area contributed by atoms with Crippen molar-refractivity contribution in [2.75, 3.05) is 5.43 Å². The number of hydrogen-bond donors (Lipinski definition) is 2. The Balaban J connectivity index is 2.13. The lowest BCUT2D eigenvalue weighted by Crippen LogP contribution is -2.02. The fourth-order valence-electron chi connectivity index (χ4n) is 1.53. The fourth-order valence-corrected chi connectivity index (χ4v) is 1.53. The third-order valence-electron chi connectivity index (χ3n) is 2.40. The molecule has 2 rings (SSSR count). The minimum absolute atomic E-state index is 0.124. The molecule has 0 spiro atoms. The van der Waals surface area contributed by atoms with Crippen LogP contribution in [0.3, 0.4) is 0 Å². The summed E-state index contributed by atoms with van der Waals surface area (Å²) in [7, 11) is 0. The van der Waals surface area contributed by atoms with Crippen molar-refractivity contribution in [1.29, 1.82) is 0 Å². The van der Waals surface area contributed by atoms with E-state index in [2.05, 4.69) is 10.5 Å². The highest BCUT2D eigenvalue weighted by molar-refractivity contribution is 5.94. The molecule has 0 bridgehead atoms. The summed E-state index contributed by atoms with van der Waals surface area (Å²) < 4.78 is 12.9. The molecule has 0 atom stereocenters. The summed E-state index contributed by atoms with van der Waals surface area (Å²) >= 11 is 0. The van der Waals surface area contributed by atoms with Crippen LogP contribution in [-0.2, 0) is 0 Å². The van der Waals surface area contributed by atoms with Crippen LogP contribution in [0, 0.1) is 5.82 Å². The summed E-state index contributed by atoms with van der Waals surface area (Å²) in [6.07, 6.45) is 1.42. The molecule has 5 heteroatoms. The Hall–Kier alpha value is -2.69. The van der Waals surface area contributed by atoms with E-state index in [9.17, 15) is 9.18 Å². The second-order valence-corrected chi connectivity index (χ2v) is 3.78. The fraction of sp³-hybridized carbons (Fsp3) is 0. The van der Waals surface area contributed by atoms with Gasteiger partial charge in [-0.15, -0.1) is 0 Å². The summed E-state index contributed by atoms with van der Waals surface area (Å²) in [5, 5.41) is 12.9. The molecular formula is C14H11FN2O2. The third-order valence-corrected chi connectivity index (χ3v) is 2.40. The number of hydrazone groups is 1. The number of nitrogens with one attached hydrogen (secondary N) is 1. The first-order chi connectivity index (χ1) is 9.16. The zero-order valence-corrected chi connectivity index (χ0v) is 9.88. The lowest BCUT2D eigenvalue weighted by molar-refractivity contribution is 0.0698. The molecule has 0 saturated carbocycles. The highest BCUT2D eigenvalue weighted by Crippen LogP contribution is 2.14. The van der Waals surface area contributed by atoms with Crippen molar-refractivity contribution in [2.45, 2.75) is 0 Å². The molecule has 4 nitrogen and oxygen atoms in total. The Morgan fingerprint density at radius 2 is 2.00 bits per heavy atom. The number of nitrogens with zero attached hydrogens (tertiary/aromatic N) is 1. The number of hydrogen-bond acceptors (Lipinski definition) is 3. The van der Waals surface area contributed by atoms with E-state index in [1.807, 2.05) is 0 Å². The van der Waals surface area contributed by atoms with Gasteiger partial charge in [0.1, 0.15) is 5.82 Å². The lowest BCUT2D eigenvalue weighted by atomic mass is 10.2. The summed E-state index contributed by atoms with van der Waals surface area (Å²) in [4.78, 5) is 11.0. The van der Waals surface area contributed by atoms with E-state index >= 15 is 0 Å². The second-order valence-electron chi connectivity index (χ2n) is 3.78. The Morgan fingerprint density at radius 1 is 1.21 bits per heavy atom. The van der Waals surface area contributed by atoms with Crippen LogP contribution in [0.15, 0.2) is 53.6 Å². The van der Waals surface area contributed by atoms with E-state index in [0.717, 1.165) is 0 Å². The zero-order chi connectivity index (χ0) is 13.7. The smallest absolute Gasteiger partial charge is 0.337 e. The quantitative estimate of drug-likeness (QED) is 0.654. The van der Waals surface area contributed by atoms with Gasteiger partial charge < -0.3 is 5.11 Å². The monoisotopic (exact) mass is 258 g/mol. The van der Waals surface area contributed by atoms with Crippen LogP contribution in [0.4, 0.5) is 10.1 Å². The molecule has 2 aromatic rings. The van der Waals surface area contributed by atoms with Gasteiger partial charge in [-0.3, -0.25) is 5.43 Å². The van der Waals surface area contributed by atoms with E-state index in [1.165, 1.54) is 24.4 Å². The maximum atomic E-state index is 12.9. The van der Waals surface area contributed by atoms with Crippen molar-refractivity contribution >= 4 is 17.9 Å². The zero-order valence-electron chi connectivity index (χ0n) is 9.88. The van der Waals surface area contributed by atoms with Crippen LogP contribution in [0.2, 0.25) is 0 Å². The summed E-state index contributed by atoms with van der Waals surface area (Å²) in [5.41, 5.74) is 3.71. The van der Waals surface area contributed by atoms with E-state index in [4.69, 9.17) is 5.11 Å². The summed E-state index contributed by atoms with van der Waals surface area (Å²) in [6.45, 7) is 0. The van der Waals surface area contributed by atoms with Crippen LogP contribution in [0.1, 0.15) is 15.9 Å². The molecular weight excluding hydrogens is 247 g/mol. The van der Waals surface area contributed by atoms with Gasteiger partial charge in [0, 0.05) is 0 Å². The first kappa shape index (κ1) is 12.8. The number of carboxylic acids is 1. The standard InChI is InChI=1S/C14H11FN2O2/c15-11-5-3-4-10(8-11)9-16-17-13-7-2-1-6-12(13)14(18)19/h1-9,17H,(H,18,19)/b16-9+. The first-order valence-corrected chi connectivity index (χ1v) is 5.54. The van der Waals surface area contributed by atoms with E-state index in [0.29, 0.717) is 11.3 Å². The van der Waals surface area contributed by atoms with Gasteiger partial charge in [0.05, 0.1) is 17.5 Å². The average molecular weight is 258 g/mol. The van der Waals surface area contributed by atoms with Crippen molar-refractivity contribution in [1.82, 2.24) is 0 Å². The summed E-state index contributed by atoms with van der Waals surface area (Å²) in [5.74, 6) is -1.39. The van der Waals surface area contributed by atoms with Gasteiger partial charge in [0.15, 0.2) is 0 Å². The third kappa shape index (κ3) is 3.38. The van der Waals surface area contributed by atoms with Gasteiger partial charge in [-0.05, 0) is 29.8 Å². The van der Waals surface area contributed by atoms with Crippen LogP contribution in [0.25, 0.3) is 0 Å². The van der Waals surface area contributed by atoms with Gasteiger partial charge in [-0.25, -0.2) is 9.18 Å². The van der Waals surface area contributed by atoms with Crippen molar-refractivity contribution in [3.05, 3.63) is 65.5 Å². The molecule has 0 radical (unpaired) electrons. The van der Waals surface area contributed by atoms with Gasteiger partial charge in [-0.1, -0.05) is 24.3 Å². The molecule has 0 saturated heterocycles. The summed E-state index contributed by atoms with van der Waals surface area (Å²) in [6, 6.07) is 12.3. The molecule has 0 heterocycles. The molecule has 2 aromatic carbocycles. The number of anilines is 1. The van der Waals surface area contributed by atoms with E-state index in [-0.39, 0.29) is 11.4 Å². The van der Waals surface area contributed by atoms with Crippen molar-refractivity contribution in [3.8, 4) is 0 Å². The van der Waals surface area contributed by atoms with Crippen LogP contribution >= 0.6 is 0 Å². The number of benzene rings is 2. The molecule has 2 N–H and O–H groups in total. The topological polar surface area (TPSA) is 61.7 Å². The minimum atomic E-state index is -1.04. The predicted molar refractivity (Wildman–Crippen MR) is 71.0 cm³/mol. The molecule has 0 fully saturated rings. The predicted octanol–water partition coefficient (Wildman–Crippen LogP) is 2.97. The Bertz CT molecular complexity index is 626. The Labute approximate surface area is 109 Å². The van der Waals surface area contributed by atoms with Crippen LogP contribution in [0.5, 0.6) is 0 Å². The second kappa shape index (κ2) is 5.77. The van der Waals surface area contributed by atoms with Crippen molar-refractivity contribution < 1.29 is 14.3 Å². The maximum Gasteiger partial charge on any atom is 0.337 e. The first-order valence-electron chi connectivity index (χ1n) is 5.54. The highest BCUT2D eigenvalue weighted by atomic mass is 19.1. The maximum absolute atomic E-state index is 12.9. The average Bonchev–Trinajstić information content (AvgIpc) is 2.39. The number of para-hydroxylation sites is 1. The van der Waals surface area contributed by atoms with E-state index < -0.39 is 5.97 Å². The number of carbonyl (C=O) groups is 1. The Morgan fingerprint density at radius 3 is 2.74 bits per heavy atom. The number of rotatable bonds is 4. The molecule has 0 aromatic heterocycles. The molecule has 0 aliphatic rings. The Kier molecular flexibility index (Phi) is 3.87.